The molecule has 3 aromatic heterocycles. The lowest BCUT2D eigenvalue weighted by Crippen LogP contribution is -2.17. The number of rotatable bonds is 6. The van der Waals surface area contributed by atoms with Crippen molar-refractivity contribution < 1.29 is 9.47 Å². The molecule has 4 heterocycles. The maximum Gasteiger partial charge on any atom is 0.224 e. The summed E-state index contributed by atoms with van der Waals surface area (Å²) in [6.07, 6.45) is 3.86. The zero-order valence-electron chi connectivity index (χ0n) is 21.1. The first-order valence-corrected chi connectivity index (χ1v) is 12.0. The van der Waals surface area contributed by atoms with E-state index in [4.69, 9.17) is 9.47 Å². The largest absolute Gasteiger partial charge is 0.478 e. The summed E-state index contributed by atoms with van der Waals surface area (Å²) in [5, 5.41) is 12.5. The highest BCUT2D eigenvalue weighted by Gasteiger charge is 2.26. The Kier molecular flexibility index (Phi) is 5.44. The first kappa shape index (κ1) is 22.8. The number of hydrogen-bond donors (Lipinski definition) is 1. The van der Waals surface area contributed by atoms with Gasteiger partial charge in [-0.1, -0.05) is 6.07 Å². The lowest BCUT2D eigenvalue weighted by Gasteiger charge is -2.12. The molecule has 1 N–H and O–H groups in total. The van der Waals surface area contributed by atoms with Crippen LogP contribution < -0.4 is 10.1 Å². The molecule has 0 saturated carbocycles. The number of aryl methyl sites for hydroxylation is 2. The van der Waals surface area contributed by atoms with Crippen LogP contribution in [0.2, 0.25) is 0 Å². The third-order valence-electron chi connectivity index (χ3n) is 6.17. The number of anilines is 2. The van der Waals surface area contributed by atoms with Crippen molar-refractivity contribution >= 4 is 34.0 Å². The molecule has 1 aliphatic heterocycles. The van der Waals surface area contributed by atoms with Gasteiger partial charge in [-0.3, -0.25) is 4.40 Å². The summed E-state index contributed by atoms with van der Waals surface area (Å²) in [6.45, 7) is 8.61. The third-order valence-corrected chi connectivity index (χ3v) is 6.17. The molecular weight excluding hydrogens is 468 g/mol. The van der Waals surface area contributed by atoms with Crippen molar-refractivity contribution in [1.29, 1.82) is 0 Å². The molecule has 186 valence electrons. The van der Waals surface area contributed by atoms with Crippen LogP contribution in [0.4, 0.5) is 11.5 Å². The predicted molar refractivity (Wildman–Crippen MR) is 141 cm³/mol. The monoisotopic (exact) mass is 494 g/mol. The van der Waals surface area contributed by atoms with Gasteiger partial charge in [-0.2, -0.15) is 0 Å². The van der Waals surface area contributed by atoms with Crippen molar-refractivity contribution in [1.82, 2.24) is 29.5 Å². The number of fused-ring (bicyclic) bond motifs is 2. The van der Waals surface area contributed by atoms with Gasteiger partial charge < -0.3 is 14.8 Å². The van der Waals surface area contributed by atoms with E-state index >= 15 is 0 Å². The molecule has 0 atom stereocenters. The predicted octanol–water partition coefficient (Wildman–Crippen LogP) is 4.97. The van der Waals surface area contributed by atoms with Crippen molar-refractivity contribution in [3.05, 3.63) is 72.1 Å². The van der Waals surface area contributed by atoms with Crippen LogP contribution in [0, 0.1) is 13.8 Å². The van der Waals surface area contributed by atoms with Crippen LogP contribution in [-0.2, 0) is 11.2 Å². The fourth-order valence-electron chi connectivity index (χ4n) is 4.28. The fraction of sp³-hybridized carbons (Fsp3) is 0.259. The molecule has 0 unspecified atom stereocenters. The molecule has 0 radical (unpaired) electrons. The minimum atomic E-state index is -0.173. The van der Waals surface area contributed by atoms with E-state index in [1.807, 2.05) is 38.1 Å². The molecule has 10 nitrogen and oxygen atoms in total. The van der Waals surface area contributed by atoms with E-state index in [2.05, 4.69) is 61.4 Å². The minimum absolute atomic E-state index is 0.173. The molecule has 2 aromatic carbocycles. The van der Waals surface area contributed by atoms with E-state index in [9.17, 15) is 0 Å². The van der Waals surface area contributed by atoms with Gasteiger partial charge in [0, 0.05) is 23.6 Å². The molecule has 10 heteroatoms. The number of benzene rings is 2. The standard InChI is InChI=1S/C27H26N8O2/c1-16-9-19(6-8-22(16)37-24-12-23-34-33-17(2)35(23)15-30-24)31-26-20-10-18(5-7-21(20)28-14-29-26)11-25-32-27(3,4)13-36-25/h5-10,12,14-15H,11,13H2,1-4H3,(H,28,29,31). The van der Waals surface area contributed by atoms with Crippen LogP contribution in [0.1, 0.15) is 30.8 Å². The van der Waals surface area contributed by atoms with Gasteiger partial charge in [0.1, 0.15) is 36.7 Å². The molecule has 0 aliphatic carbocycles. The molecule has 0 spiro atoms. The van der Waals surface area contributed by atoms with Gasteiger partial charge in [-0.05, 0) is 69.2 Å². The maximum atomic E-state index is 6.03. The summed E-state index contributed by atoms with van der Waals surface area (Å²) in [7, 11) is 0. The Labute approximate surface area is 213 Å². The van der Waals surface area contributed by atoms with Gasteiger partial charge in [0.2, 0.25) is 5.88 Å². The van der Waals surface area contributed by atoms with E-state index in [-0.39, 0.29) is 5.54 Å². The van der Waals surface area contributed by atoms with E-state index < -0.39 is 0 Å². The number of aromatic nitrogens is 6. The Balaban J connectivity index is 1.23. The lowest BCUT2D eigenvalue weighted by atomic mass is 10.1. The summed E-state index contributed by atoms with van der Waals surface area (Å²) in [5.41, 5.74) is 4.29. The molecule has 0 fully saturated rings. The Morgan fingerprint density at radius 2 is 1.92 bits per heavy atom. The van der Waals surface area contributed by atoms with Gasteiger partial charge in [0.05, 0.1) is 11.1 Å². The maximum absolute atomic E-state index is 6.03. The van der Waals surface area contributed by atoms with E-state index in [1.54, 1.807) is 23.1 Å². The highest BCUT2D eigenvalue weighted by atomic mass is 16.5. The molecular formula is C27H26N8O2. The quantitative estimate of drug-likeness (QED) is 0.352. The Morgan fingerprint density at radius 3 is 2.73 bits per heavy atom. The van der Waals surface area contributed by atoms with Gasteiger partial charge >= 0.3 is 0 Å². The zero-order valence-corrected chi connectivity index (χ0v) is 21.1. The first-order chi connectivity index (χ1) is 17.8. The molecule has 6 rings (SSSR count). The number of hydrogen-bond acceptors (Lipinski definition) is 9. The summed E-state index contributed by atoms with van der Waals surface area (Å²) in [4.78, 5) is 18.0. The Morgan fingerprint density at radius 1 is 1.03 bits per heavy atom. The number of aliphatic imine (C=N–C) groups is 1. The van der Waals surface area contributed by atoms with E-state index in [1.165, 1.54) is 0 Å². The fourth-order valence-corrected chi connectivity index (χ4v) is 4.28. The van der Waals surface area contributed by atoms with Gasteiger partial charge in [-0.15, -0.1) is 10.2 Å². The highest BCUT2D eigenvalue weighted by molar-refractivity contribution is 5.92. The lowest BCUT2D eigenvalue weighted by molar-refractivity contribution is 0.275. The number of nitrogens with one attached hydrogen (secondary N) is 1. The zero-order chi connectivity index (χ0) is 25.6. The average Bonchev–Trinajstić information content (AvgIpc) is 3.41. The van der Waals surface area contributed by atoms with Gasteiger partial charge in [0.25, 0.3) is 0 Å². The third kappa shape index (κ3) is 4.65. The van der Waals surface area contributed by atoms with Gasteiger partial charge in [0.15, 0.2) is 11.5 Å². The van der Waals surface area contributed by atoms with Crippen LogP contribution in [0.25, 0.3) is 16.6 Å². The van der Waals surface area contributed by atoms with Crippen molar-refractivity contribution in [3.8, 4) is 11.6 Å². The van der Waals surface area contributed by atoms with Crippen LogP contribution >= 0.6 is 0 Å². The molecule has 1 aliphatic rings. The average molecular weight is 495 g/mol. The molecule has 0 amide bonds. The summed E-state index contributed by atoms with van der Waals surface area (Å²) in [6, 6.07) is 13.8. The van der Waals surface area contributed by atoms with Crippen molar-refractivity contribution in [2.45, 2.75) is 39.7 Å². The molecule has 0 saturated heterocycles. The summed E-state index contributed by atoms with van der Waals surface area (Å²) in [5.74, 6) is 3.42. The Bertz CT molecular complexity index is 1670. The van der Waals surface area contributed by atoms with Crippen molar-refractivity contribution in [2.75, 3.05) is 11.9 Å². The number of ether oxygens (including phenoxy) is 2. The van der Waals surface area contributed by atoms with Crippen LogP contribution in [0.15, 0.2) is 60.1 Å². The molecule has 37 heavy (non-hydrogen) atoms. The topological polar surface area (TPSA) is 112 Å². The van der Waals surface area contributed by atoms with E-state index in [0.29, 0.717) is 30.3 Å². The van der Waals surface area contributed by atoms with Crippen molar-refractivity contribution in [2.24, 2.45) is 4.99 Å². The smallest absolute Gasteiger partial charge is 0.224 e. The summed E-state index contributed by atoms with van der Waals surface area (Å²) < 4.78 is 13.6. The first-order valence-electron chi connectivity index (χ1n) is 12.0. The second-order valence-electron chi connectivity index (χ2n) is 9.77. The second kappa shape index (κ2) is 8.81. The van der Waals surface area contributed by atoms with Gasteiger partial charge in [-0.25, -0.2) is 19.9 Å². The molecule has 0 bridgehead atoms. The van der Waals surface area contributed by atoms with Crippen LogP contribution in [0.5, 0.6) is 11.6 Å². The number of nitrogens with zero attached hydrogens (tertiary/aromatic N) is 7. The SMILES string of the molecule is Cc1cc(Nc2ncnc3ccc(CC4=NC(C)(C)CO4)cc23)ccc1Oc1cc2nnc(C)n2cn1. The van der Waals surface area contributed by atoms with Crippen molar-refractivity contribution in [3.63, 3.8) is 0 Å². The highest BCUT2D eigenvalue weighted by Crippen LogP contribution is 2.30. The summed E-state index contributed by atoms with van der Waals surface area (Å²) >= 11 is 0. The van der Waals surface area contributed by atoms with E-state index in [0.717, 1.165) is 45.3 Å². The van der Waals surface area contributed by atoms with Crippen LogP contribution in [-0.4, -0.2) is 47.6 Å². The second-order valence-corrected chi connectivity index (χ2v) is 9.77. The Hall–Kier alpha value is -4.60. The van der Waals surface area contributed by atoms with Crippen LogP contribution in [0.3, 0.4) is 0 Å². The normalized spacial score (nSPS) is 14.5. The molecule has 5 aromatic rings. The minimum Gasteiger partial charge on any atom is -0.478 e.